The molecule has 1 fully saturated rings. The van der Waals surface area contributed by atoms with E-state index < -0.39 is 17.2 Å². The summed E-state index contributed by atoms with van der Waals surface area (Å²) in [5, 5.41) is 0. The SMILES string of the molecule is CCOC1(C(=O)c2ccc(F)cc2F)CCCC1. The molecule has 0 bridgehead atoms. The largest absolute Gasteiger partial charge is 0.367 e. The summed E-state index contributed by atoms with van der Waals surface area (Å²) in [6.45, 7) is 2.23. The number of carbonyl (C=O) groups is 1. The molecule has 0 saturated heterocycles. The molecule has 2 nitrogen and oxygen atoms in total. The lowest BCUT2D eigenvalue weighted by molar-refractivity contribution is -0.0166. The molecule has 0 amide bonds. The Labute approximate surface area is 105 Å². The zero-order valence-electron chi connectivity index (χ0n) is 10.3. The fourth-order valence-corrected chi connectivity index (χ4v) is 2.58. The second-order valence-corrected chi connectivity index (χ2v) is 4.59. The highest BCUT2D eigenvalue weighted by molar-refractivity contribution is 6.02. The van der Waals surface area contributed by atoms with Crippen LogP contribution in [0.2, 0.25) is 0 Å². The number of Topliss-reactive ketones (excluding diaryl/α,β-unsaturated/α-hetero) is 1. The van der Waals surface area contributed by atoms with Gasteiger partial charge in [-0.3, -0.25) is 4.79 Å². The summed E-state index contributed by atoms with van der Waals surface area (Å²) in [5.74, 6) is -1.86. The average molecular weight is 254 g/mol. The van der Waals surface area contributed by atoms with Crippen LogP contribution in [0.1, 0.15) is 43.0 Å². The number of benzene rings is 1. The predicted octanol–water partition coefficient (Wildman–Crippen LogP) is 3.50. The van der Waals surface area contributed by atoms with Crippen molar-refractivity contribution in [3.8, 4) is 0 Å². The maximum absolute atomic E-state index is 13.6. The summed E-state index contributed by atoms with van der Waals surface area (Å²) < 4.78 is 32.1. The van der Waals surface area contributed by atoms with E-state index in [0.717, 1.165) is 25.0 Å². The van der Waals surface area contributed by atoms with Crippen LogP contribution in [0, 0.1) is 11.6 Å². The topological polar surface area (TPSA) is 26.3 Å². The van der Waals surface area contributed by atoms with Gasteiger partial charge in [-0.2, -0.15) is 0 Å². The highest BCUT2D eigenvalue weighted by Crippen LogP contribution is 2.36. The highest BCUT2D eigenvalue weighted by atomic mass is 19.1. The molecule has 0 N–H and O–H groups in total. The third-order valence-electron chi connectivity index (χ3n) is 3.42. The van der Waals surface area contributed by atoms with E-state index in [0.29, 0.717) is 19.4 Å². The number of ketones is 1. The zero-order chi connectivity index (χ0) is 13.2. The molecule has 1 aromatic rings. The molecule has 1 aliphatic carbocycles. The second kappa shape index (κ2) is 5.14. The van der Waals surface area contributed by atoms with Crippen LogP contribution in [0.25, 0.3) is 0 Å². The van der Waals surface area contributed by atoms with E-state index in [4.69, 9.17) is 4.74 Å². The van der Waals surface area contributed by atoms with Gasteiger partial charge in [-0.1, -0.05) is 0 Å². The number of rotatable bonds is 4. The second-order valence-electron chi connectivity index (χ2n) is 4.59. The standard InChI is InChI=1S/C14H16F2O2/c1-2-18-14(7-3-4-8-14)13(17)11-6-5-10(15)9-12(11)16/h5-6,9H,2-4,7-8H2,1H3. The number of hydrogen-bond donors (Lipinski definition) is 0. The first-order valence-electron chi connectivity index (χ1n) is 6.23. The number of carbonyl (C=O) groups excluding carboxylic acids is 1. The monoisotopic (exact) mass is 254 g/mol. The number of halogens is 2. The van der Waals surface area contributed by atoms with Crippen LogP contribution < -0.4 is 0 Å². The first-order valence-corrected chi connectivity index (χ1v) is 6.23. The van der Waals surface area contributed by atoms with Gasteiger partial charge < -0.3 is 4.74 Å². The van der Waals surface area contributed by atoms with Crippen molar-refractivity contribution in [2.45, 2.75) is 38.2 Å². The Morgan fingerprint density at radius 3 is 2.56 bits per heavy atom. The third kappa shape index (κ3) is 2.29. The molecule has 2 rings (SSSR count). The first-order chi connectivity index (χ1) is 8.59. The van der Waals surface area contributed by atoms with Gasteiger partial charge >= 0.3 is 0 Å². The summed E-state index contributed by atoms with van der Waals surface area (Å²) in [7, 11) is 0. The fraction of sp³-hybridized carbons (Fsp3) is 0.500. The van der Waals surface area contributed by atoms with Crippen LogP contribution in [-0.4, -0.2) is 18.0 Å². The van der Waals surface area contributed by atoms with Crippen molar-refractivity contribution < 1.29 is 18.3 Å². The third-order valence-corrected chi connectivity index (χ3v) is 3.42. The zero-order valence-corrected chi connectivity index (χ0v) is 10.3. The maximum Gasteiger partial charge on any atom is 0.197 e. The van der Waals surface area contributed by atoms with Gasteiger partial charge in [-0.15, -0.1) is 0 Å². The van der Waals surface area contributed by atoms with Gasteiger partial charge in [0.25, 0.3) is 0 Å². The van der Waals surface area contributed by atoms with Gasteiger partial charge in [-0.05, 0) is 44.7 Å². The normalized spacial score (nSPS) is 17.9. The van der Waals surface area contributed by atoms with Crippen molar-refractivity contribution in [2.24, 2.45) is 0 Å². The summed E-state index contributed by atoms with van der Waals surface area (Å²) >= 11 is 0. The van der Waals surface area contributed by atoms with Crippen LogP contribution in [0.4, 0.5) is 8.78 Å². The Morgan fingerprint density at radius 1 is 1.33 bits per heavy atom. The van der Waals surface area contributed by atoms with E-state index in [2.05, 4.69) is 0 Å². The van der Waals surface area contributed by atoms with E-state index in [-0.39, 0.29) is 11.3 Å². The Kier molecular flexibility index (Phi) is 3.76. The summed E-state index contributed by atoms with van der Waals surface area (Å²) in [5.41, 5.74) is -0.986. The molecule has 1 aromatic carbocycles. The molecular formula is C14H16F2O2. The highest BCUT2D eigenvalue weighted by Gasteiger charge is 2.43. The van der Waals surface area contributed by atoms with Crippen molar-refractivity contribution in [1.29, 1.82) is 0 Å². The van der Waals surface area contributed by atoms with Crippen molar-refractivity contribution in [1.82, 2.24) is 0 Å². The molecule has 0 heterocycles. The molecular weight excluding hydrogens is 238 g/mol. The molecule has 4 heteroatoms. The lowest BCUT2D eigenvalue weighted by Crippen LogP contribution is -2.39. The Hall–Kier alpha value is -1.29. The Bertz CT molecular complexity index is 451. The smallest absolute Gasteiger partial charge is 0.197 e. The molecule has 1 aliphatic rings. The van der Waals surface area contributed by atoms with Gasteiger partial charge in [0.1, 0.15) is 17.2 Å². The van der Waals surface area contributed by atoms with Crippen molar-refractivity contribution in [3.05, 3.63) is 35.4 Å². The van der Waals surface area contributed by atoms with Crippen molar-refractivity contribution >= 4 is 5.78 Å². The Balaban J connectivity index is 2.34. The minimum atomic E-state index is -0.909. The first kappa shape index (κ1) is 13.1. The van der Waals surface area contributed by atoms with Crippen LogP contribution >= 0.6 is 0 Å². The van der Waals surface area contributed by atoms with E-state index >= 15 is 0 Å². The fourth-order valence-electron chi connectivity index (χ4n) is 2.58. The number of ether oxygens (including phenoxy) is 1. The minimum absolute atomic E-state index is 0.0771. The molecule has 0 radical (unpaired) electrons. The van der Waals surface area contributed by atoms with Crippen LogP contribution in [0.5, 0.6) is 0 Å². The average Bonchev–Trinajstić information content (AvgIpc) is 2.78. The van der Waals surface area contributed by atoms with Gasteiger partial charge in [0.15, 0.2) is 5.78 Å². The van der Waals surface area contributed by atoms with E-state index in [1.807, 2.05) is 6.92 Å². The van der Waals surface area contributed by atoms with Crippen molar-refractivity contribution in [3.63, 3.8) is 0 Å². The maximum atomic E-state index is 13.6. The molecule has 0 atom stereocenters. The van der Waals surface area contributed by atoms with Crippen LogP contribution in [0.3, 0.4) is 0 Å². The van der Waals surface area contributed by atoms with Gasteiger partial charge in [-0.25, -0.2) is 8.78 Å². The lowest BCUT2D eigenvalue weighted by atomic mass is 9.90. The summed E-state index contributed by atoms with van der Waals surface area (Å²) in [6, 6.07) is 3.04. The predicted molar refractivity (Wildman–Crippen MR) is 63.5 cm³/mol. The lowest BCUT2D eigenvalue weighted by Gasteiger charge is -2.27. The Morgan fingerprint density at radius 2 is 2.00 bits per heavy atom. The summed E-state index contributed by atoms with van der Waals surface area (Å²) in [4.78, 5) is 12.4. The molecule has 0 aromatic heterocycles. The molecule has 0 unspecified atom stereocenters. The van der Waals surface area contributed by atoms with Crippen molar-refractivity contribution in [2.75, 3.05) is 6.61 Å². The molecule has 1 saturated carbocycles. The van der Waals surface area contributed by atoms with Gasteiger partial charge in [0.05, 0.1) is 5.56 Å². The van der Waals surface area contributed by atoms with Gasteiger partial charge in [0.2, 0.25) is 0 Å². The molecule has 18 heavy (non-hydrogen) atoms. The van der Waals surface area contributed by atoms with E-state index in [9.17, 15) is 13.6 Å². The van der Waals surface area contributed by atoms with Crippen LogP contribution in [-0.2, 0) is 4.74 Å². The van der Waals surface area contributed by atoms with E-state index in [1.165, 1.54) is 6.07 Å². The quantitative estimate of drug-likeness (QED) is 0.769. The van der Waals surface area contributed by atoms with E-state index in [1.54, 1.807) is 0 Å². The summed E-state index contributed by atoms with van der Waals surface area (Å²) in [6.07, 6.45) is 3.01. The molecule has 0 aliphatic heterocycles. The minimum Gasteiger partial charge on any atom is -0.367 e. The number of hydrogen-bond acceptors (Lipinski definition) is 2. The molecule has 0 spiro atoms. The molecule has 98 valence electrons. The van der Waals surface area contributed by atoms with Gasteiger partial charge in [0, 0.05) is 12.7 Å². The van der Waals surface area contributed by atoms with Crippen LogP contribution in [0.15, 0.2) is 18.2 Å².